The predicted octanol–water partition coefficient (Wildman–Crippen LogP) is 4.41. The van der Waals surface area contributed by atoms with Gasteiger partial charge in [-0.25, -0.2) is 13.2 Å². The first kappa shape index (κ1) is 24.5. The van der Waals surface area contributed by atoms with Crippen LogP contribution in [-0.4, -0.2) is 45.3 Å². The van der Waals surface area contributed by atoms with Crippen molar-refractivity contribution in [2.45, 2.75) is 31.3 Å². The largest absolute Gasteiger partial charge is 0.457 e. The quantitative estimate of drug-likeness (QED) is 0.456. The van der Waals surface area contributed by atoms with E-state index in [0.717, 1.165) is 37.1 Å². The van der Waals surface area contributed by atoms with Crippen molar-refractivity contribution in [3.8, 4) is 0 Å². The molecular weight excluding hydrogens is 464 g/mol. The lowest BCUT2D eigenvalue weighted by atomic mass is 10.1. The van der Waals surface area contributed by atoms with Crippen LogP contribution in [0.25, 0.3) is 0 Å². The lowest BCUT2D eigenvalue weighted by molar-refractivity contribution is 0.0472. The number of rotatable bonds is 7. The van der Waals surface area contributed by atoms with Crippen molar-refractivity contribution in [2.75, 3.05) is 24.4 Å². The van der Waals surface area contributed by atoms with Gasteiger partial charge in [0.1, 0.15) is 6.61 Å². The Bertz CT molecular complexity index is 1310. The van der Waals surface area contributed by atoms with Gasteiger partial charge in [0, 0.05) is 25.7 Å². The number of amides is 1. The second-order valence-corrected chi connectivity index (χ2v) is 10.6. The fourth-order valence-electron chi connectivity index (χ4n) is 3.91. The van der Waals surface area contributed by atoms with Gasteiger partial charge in [0.05, 0.1) is 16.1 Å². The van der Waals surface area contributed by atoms with Gasteiger partial charge in [0.25, 0.3) is 15.9 Å². The highest BCUT2D eigenvalue weighted by Crippen LogP contribution is 2.23. The van der Waals surface area contributed by atoms with E-state index in [1.54, 1.807) is 36.4 Å². The van der Waals surface area contributed by atoms with E-state index in [1.165, 1.54) is 35.6 Å². The van der Waals surface area contributed by atoms with Gasteiger partial charge in [0.2, 0.25) is 0 Å². The number of ether oxygens (including phenoxy) is 1. The molecule has 1 aliphatic rings. The van der Waals surface area contributed by atoms with E-state index >= 15 is 0 Å². The summed E-state index contributed by atoms with van der Waals surface area (Å²) in [5.41, 5.74) is 3.04. The summed E-state index contributed by atoms with van der Waals surface area (Å²) in [5.74, 6) is -0.614. The second kappa shape index (κ2) is 10.3. The van der Waals surface area contributed by atoms with Crippen LogP contribution in [0.5, 0.6) is 0 Å². The summed E-state index contributed by atoms with van der Waals surface area (Å²) in [6.45, 7) is 3.51. The third kappa shape index (κ3) is 5.54. The molecule has 0 radical (unpaired) electrons. The average Bonchev–Trinajstić information content (AvgIpc) is 3.42. The molecule has 1 fully saturated rings. The SMILES string of the molecule is Cc1ccc(N(C)S(=O)(=O)c2cccc(C(=O)OCc3ccc(C(=O)N4CCCC4)cc3)c2)cc1. The molecule has 0 aliphatic carbocycles. The number of hydrogen-bond donors (Lipinski definition) is 0. The summed E-state index contributed by atoms with van der Waals surface area (Å²) in [6, 6.07) is 19.9. The van der Waals surface area contributed by atoms with E-state index in [2.05, 4.69) is 0 Å². The summed E-state index contributed by atoms with van der Waals surface area (Å²) >= 11 is 0. The first-order valence-corrected chi connectivity index (χ1v) is 12.9. The molecule has 3 aromatic rings. The molecule has 0 atom stereocenters. The smallest absolute Gasteiger partial charge is 0.338 e. The second-order valence-electron chi connectivity index (χ2n) is 8.61. The van der Waals surface area contributed by atoms with Crippen molar-refractivity contribution in [1.29, 1.82) is 0 Å². The average molecular weight is 493 g/mol. The van der Waals surface area contributed by atoms with E-state index in [9.17, 15) is 18.0 Å². The van der Waals surface area contributed by atoms with Gasteiger partial charge in [0.15, 0.2) is 0 Å². The normalized spacial score (nSPS) is 13.5. The fourth-order valence-corrected chi connectivity index (χ4v) is 5.16. The number of likely N-dealkylation sites (tertiary alicyclic amines) is 1. The van der Waals surface area contributed by atoms with Crippen LogP contribution in [0.15, 0.2) is 77.7 Å². The highest BCUT2D eigenvalue weighted by Gasteiger charge is 2.23. The zero-order chi connectivity index (χ0) is 25.0. The Morgan fingerprint density at radius 3 is 2.23 bits per heavy atom. The maximum atomic E-state index is 13.1. The summed E-state index contributed by atoms with van der Waals surface area (Å²) in [5, 5.41) is 0. The zero-order valence-corrected chi connectivity index (χ0v) is 20.6. The molecule has 0 spiro atoms. The van der Waals surface area contributed by atoms with Crippen LogP contribution in [-0.2, 0) is 21.4 Å². The zero-order valence-electron chi connectivity index (χ0n) is 19.8. The van der Waals surface area contributed by atoms with Crippen LogP contribution in [0.2, 0.25) is 0 Å². The van der Waals surface area contributed by atoms with E-state index in [4.69, 9.17) is 4.74 Å². The van der Waals surface area contributed by atoms with Gasteiger partial charge < -0.3 is 9.64 Å². The molecule has 1 aliphatic heterocycles. The molecule has 1 heterocycles. The summed E-state index contributed by atoms with van der Waals surface area (Å²) in [6.07, 6.45) is 2.06. The Morgan fingerprint density at radius 1 is 0.914 bits per heavy atom. The molecule has 182 valence electrons. The number of carbonyl (C=O) groups excluding carboxylic acids is 2. The van der Waals surface area contributed by atoms with Crippen LogP contribution in [0, 0.1) is 6.92 Å². The number of sulfonamides is 1. The predicted molar refractivity (Wildman–Crippen MR) is 134 cm³/mol. The Morgan fingerprint density at radius 2 is 1.57 bits per heavy atom. The number of hydrogen-bond acceptors (Lipinski definition) is 5. The monoisotopic (exact) mass is 492 g/mol. The molecule has 7 nitrogen and oxygen atoms in total. The summed E-state index contributed by atoms with van der Waals surface area (Å²) in [7, 11) is -2.38. The minimum atomic E-state index is -3.86. The number of nitrogens with zero attached hydrogens (tertiary/aromatic N) is 2. The van der Waals surface area contributed by atoms with E-state index < -0.39 is 16.0 Å². The van der Waals surface area contributed by atoms with E-state index in [-0.39, 0.29) is 23.0 Å². The molecule has 0 saturated carbocycles. The molecule has 0 unspecified atom stereocenters. The first-order chi connectivity index (χ1) is 16.8. The number of aryl methyl sites for hydroxylation is 1. The maximum absolute atomic E-state index is 13.1. The van der Waals surface area contributed by atoms with Crippen LogP contribution in [0.1, 0.15) is 44.7 Å². The van der Waals surface area contributed by atoms with Crippen molar-refractivity contribution in [1.82, 2.24) is 4.90 Å². The van der Waals surface area contributed by atoms with E-state index in [1.807, 2.05) is 24.0 Å². The lowest BCUT2D eigenvalue weighted by Crippen LogP contribution is -2.27. The van der Waals surface area contributed by atoms with E-state index in [0.29, 0.717) is 11.3 Å². The lowest BCUT2D eigenvalue weighted by Gasteiger charge is -2.20. The highest BCUT2D eigenvalue weighted by atomic mass is 32.2. The van der Waals surface area contributed by atoms with Crippen molar-refractivity contribution in [3.63, 3.8) is 0 Å². The topological polar surface area (TPSA) is 84.0 Å². The Hall–Kier alpha value is -3.65. The number of anilines is 1. The van der Waals surface area contributed by atoms with Gasteiger partial charge in [-0.3, -0.25) is 9.10 Å². The molecule has 8 heteroatoms. The number of benzene rings is 3. The van der Waals surface area contributed by atoms with Crippen molar-refractivity contribution < 1.29 is 22.7 Å². The Balaban J connectivity index is 1.41. The van der Waals surface area contributed by atoms with Crippen molar-refractivity contribution in [2.24, 2.45) is 0 Å². The molecule has 0 aromatic heterocycles. The Labute approximate surface area is 206 Å². The Kier molecular flexibility index (Phi) is 7.21. The molecule has 35 heavy (non-hydrogen) atoms. The van der Waals surface area contributed by atoms with Gasteiger partial charge in [-0.15, -0.1) is 0 Å². The number of esters is 1. The van der Waals surface area contributed by atoms with Crippen LogP contribution >= 0.6 is 0 Å². The number of carbonyl (C=O) groups is 2. The van der Waals surface area contributed by atoms with Gasteiger partial charge in [-0.1, -0.05) is 35.9 Å². The van der Waals surface area contributed by atoms with Gasteiger partial charge >= 0.3 is 5.97 Å². The highest BCUT2D eigenvalue weighted by molar-refractivity contribution is 7.92. The standard InChI is InChI=1S/C27H28N2O5S/c1-20-8-14-24(15-9-20)28(2)35(32,33)25-7-5-6-23(18-25)27(31)34-19-21-10-12-22(13-11-21)26(30)29-16-3-4-17-29/h5-15,18H,3-4,16-17,19H2,1-2H3. The summed E-state index contributed by atoms with van der Waals surface area (Å²) in [4.78, 5) is 26.9. The fraction of sp³-hybridized carbons (Fsp3) is 0.259. The minimum absolute atomic E-state index is 0.000182. The minimum Gasteiger partial charge on any atom is -0.457 e. The maximum Gasteiger partial charge on any atom is 0.338 e. The third-order valence-corrected chi connectivity index (χ3v) is 7.87. The molecule has 0 N–H and O–H groups in total. The molecule has 1 saturated heterocycles. The molecule has 4 rings (SSSR count). The van der Waals surface area contributed by atoms with Crippen LogP contribution in [0.4, 0.5) is 5.69 Å². The molecule has 1 amide bonds. The molecular formula is C27H28N2O5S. The van der Waals surface area contributed by atoms with Crippen LogP contribution in [0.3, 0.4) is 0 Å². The summed E-state index contributed by atoms with van der Waals surface area (Å²) < 4.78 is 32.8. The van der Waals surface area contributed by atoms with Gasteiger partial charge in [-0.2, -0.15) is 0 Å². The van der Waals surface area contributed by atoms with Crippen molar-refractivity contribution in [3.05, 3.63) is 95.1 Å². The van der Waals surface area contributed by atoms with Gasteiger partial charge in [-0.05, 0) is 67.8 Å². The molecule has 3 aromatic carbocycles. The molecule has 0 bridgehead atoms. The van der Waals surface area contributed by atoms with Crippen molar-refractivity contribution >= 4 is 27.6 Å². The first-order valence-electron chi connectivity index (χ1n) is 11.5. The third-order valence-electron chi connectivity index (χ3n) is 6.09. The van der Waals surface area contributed by atoms with Crippen LogP contribution < -0.4 is 4.31 Å².